The Morgan fingerprint density at radius 1 is 1.32 bits per heavy atom. The van der Waals surface area contributed by atoms with Gasteiger partial charge in [0.25, 0.3) is 0 Å². The summed E-state index contributed by atoms with van der Waals surface area (Å²) in [6.07, 6.45) is 3.58. The SMILES string of the molecule is CCC(CC)C(=O)N1CC2(C1)C(c1nc(-c3ccccn3)no1)CCS2(=O)=O. The van der Waals surface area contributed by atoms with Gasteiger partial charge < -0.3 is 9.42 Å². The van der Waals surface area contributed by atoms with Crippen LogP contribution in [0.2, 0.25) is 0 Å². The normalized spacial score (nSPS) is 22.5. The lowest BCUT2D eigenvalue weighted by atomic mass is 9.82. The highest BCUT2D eigenvalue weighted by atomic mass is 32.2. The second kappa shape index (κ2) is 6.95. The Morgan fingerprint density at radius 2 is 2.07 bits per heavy atom. The van der Waals surface area contributed by atoms with Crippen molar-refractivity contribution in [2.75, 3.05) is 18.8 Å². The van der Waals surface area contributed by atoms with Gasteiger partial charge in [0.05, 0.1) is 11.7 Å². The van der Waals surface area contributed by atoms with Gasteiger partial charge in [0, 0.05) is 25.2 Å². The molecule has 0 aromatic carbocycles. The molecular formula is C19H24N4O4S. The van der Waals surface area contributed by atoms with Gasteiger partial charge in [-0.25, -0.2) is 8.42 Å². The van der Waals surface area contributed by atoms with Crippen LogP contribution in [-0.2, 0) is 14.6 Å². The van der Waals surface area contributed by atoms with E-state index in [2.05, 4.69) is 15.1 Å². The molecule has 4 rings (SSSR count). The average Bonchev–Trinajstić information content (AvgIpc) is 3.24. The lowest BCUT2D eigenvalue weighted by Crippen LogP contribution is -2.68. The molecule has 0 radical (unpaired) electrons. The van der Waals surface area contributed by atoms with Crippen molar-refractivity contribution in [2.45, 2.75) is 43.8 Å². The topological polar surface area (TPSA) is 106 Å². The Balaban J connectivity index is 1.59. The van der Waals surface area contributed by atoms with Crippen LogP contribution in [-0.4, -0.2) is 57.9 Å². The highest BCUT2D eigenvalue weighted by Crippen LogP contribution is 2.50. The summed E-state index contributed by atoms with van der Waals surface area (Å²) in [5.74, 6) is 0.325. The van der Waals surface area contributed by atoms with E-state index in [-0.39, 0.29) is 30.7 Å². The van der Waals surface area contributed by atoms with Crippen molar-refractivity contribution >= 4 is 15.7 Å². The molecule has 2 fully saturated rings. The minimum Gasteiger partial charge on any atom is -0.339 e. The fourth-order valence-electron chi connectivity index (χ4n) is 4.35. The monoisotopic (exact) mass is 404 g/mol. The molecule has 2 aromatic heterocycles. The van der Waals surface area contributed by atoms with Crippen LogP contribution in [0.15, 0.2) is 28.9 Å². The molecule has 2 aromatic rings. The third-order valence-corrected chi connectivity index (χ3v) is 8.68. The molecule has 150 valence electrons. The largest absolute Gasteiger partial charge is 0.339 e. The van der Waals surface area contributed by atoms with Gasteiger partial charge in [0.2, 0.25) is 17.6 Å². The number of amides is 1. The molecule has 8 nitrogen and oxygen atoms in total. The second-order valence-electron chi connectivity index (χ2n) is 7.60. The molecule has 0 aliphatic carbocycles. The van der Waals surface area contributed by atoms with E-state index in [4.69, 9.17) is 4.52 Å². The zero-order valence-electron chi connectivity index (χ0n) is 16.0. The van der Waals surface area contributed by atoms with Gasteiger partial charge in [-0.3, -0.25) is 9.78 Å². The van der Waals surface area contributed by atoms with Crippen molar-refractivity contribution in [2.24, 2.45) is 5.92 Å². The van der Waals surface area contributed by atoms with Crippen LogP contribution in [0, 0.1) is 5.92 Å². The van der Waals surface area contributed by atoms with E-state index in [1.807, 2.05) is 19.9 Å². The number of likely N-dealkylation sites (tertiary alicyclic amines) is 1. The van der Waals surface area contributed by atoms with E-state index in [9.17, 15) is 13.2 Å². The molecule has 1 atom stereocenters. The van der Waals surface area contributed by atoms with Crippen LogP contribution in [0.1, 0.15) is 44.9 Å². The summed E-state index contributed by atoms with van der Waals surface area (Å²) in [6, 6.07) is 5.39. The van der Waals surface area contributed by atoms with Crippen LogP contribution in [0.4, 0.5) is 0 Å². The number of aromatic nitrogens is 3. The standard InChI is InChI=1S/C19H24N4O4S/c1-3-13(4-2)18(24)23-11-19(12-23)14(8-10-28(19,25)26)17-21-16(22-27-17)15-7-5-6-9-20-15/h5-7,9,13-14H,3-4,8,10-12H2,1-2H3. The molecule has 4 heterocycles. The number of rotatable bonds is 5. The summed E-state index contributed by atoms with van der Waals surface area (Å²) in [5, 5.41) is 3.99. The minimum atomic E-state index is -3.35. The predicted octanol–water partition coefficient (Wildman–Crippen LogP) is 2.05. The van der Waals surface area contributed by atoms with Gasteiger partial charge >= 0.3 is 0 Å². The summed E-state index contributed by atoms with van der Waals surface area (Å²) >= 11 is 0. The van der Waals surface area contributed by atoms with Crippen LogP contribution in [0.3, 0.4) is 0 Å². The fraction of sp³-hybridized carbons (Fsp3) is 0.579. The van der Waals surface area contributed by atoms with Gasteiger partial charge in [0.15, 0.2) is 9.84 Å². The van der Waals surface area contributed by atoms with E-state index < -0.39 is 20.5 Å². The Labute approximate surface area is 164 Å². The van der Waals surface area contributed by atoms with Crippen LogP contribution in [0.25, 0.3) is 11.5 Å². The average molecular weight is 404 g/mol. The fourth-order valence-corrected chi connectivity index (χ4v) is 6.66. The van der Waals surface area contributed by atoms with Crippen molar-refractivity contribution in [3.63, 3.8) is 0 Å². The van der Waals surface area contributed by atoms with Gasteiger partial charge in [-0.1, -0.05) is 25.1 Å². The Morgan fingerprint density at radius 3 is 2.71 bits per heavy atom. The number of hydrogen-bond donors (Lipinski definition) is 0. The quantitative estimate of drug-likeness (QED) is 0.751. The van der Waals surface area contributed by atoms with Crippen molar-refractivity contribution in [1.29, 1.82) is 0 Å². The number of pyridine rings is 1. The summed E-state index contributed by atoms with van der Waals surface area (Å²) in [4.78, 5) is 23.0. The first-order valence-electron chi connectivity index (χ1n) is 9.68. The number of sulfone groups is 1. The molecular weight excluding hydrogens is 380 g/mol. The molecule has 2 aliphatic rings. The van der Waals surface area contributed by atoms with Gasteiger partial charge in [-0.15, -0.1) is 0 Å². The maximum absolute atomic E-state index is 12.9. The molecule has 0 N–H and O–H groups in total. The van der Waals surface area contributed by atoms with Crippen molar-refractivity contribution in [3.8, 4) is 11.5 Å². The van der Waals surface area contributed by atoms with Gasteiger partial charge in [0.1, 0.15) is 10.4 Å². The van der Waals surface area contributed by atoms with Crippen LogP contribution in [0.5, 0.6) is 0 Å². The van der Waals surface area contributed by atoms with Crippen LogP contribution >= 0.6 is 0 Å². The number of hydrogen-bond acceptors (Lipinski definition) is 7. The van der Waals surface area contributed by atoms with Crippen molar-refractivity contribution in [1.82, 2.24) is 20.0 Å². The minimum absolute atomic E-state index is 0.0381. The zero-order valence-corrected chi connectivity index (χ0v) is 16.9. The van der Waals surface area contributed by atoms with E-state index in [0.29, 0.717) is 23.8 Å². The first-order valence-corrected chi connectivity index (χ1v) is 11.3. The van der Waals surface area contributed by atoms with Crippen molar-refractivity contribution < 1.29 is 17.7 Å². The molecule has 28 heavy (non-hydrogen) atoms. The third-order valence-electron chi connectivity index (χ3n) is 6.13. The van der Waals surface area contributed by atoms with Crippen LogP contribution < -0.4 is 0 Å². The summed E-state index contributed by atoms with van der Waals surface area (Å²) < 4.78 is 30.2. The first-order chi connectivity index (χ1) is 13.4. The molecule has 2 aliphatic heterocycles. The van der Waals surface area contributed by atoms with E-state index in [1.54, 1.807) is 23.2 Å². The maximum Gasteiger partial charge on any atom is 0.231 e. The summed E-state index contributed by atoms with van der Waals surface area (Å²) in [5.41, 5.74) is 0.576. The highest BCUT2D eigenvalue weighted by molar-refractivity contribution is 7.93. The molecule has 0 saturated carbocycles. The maximum atomic E-state index is 12.9. The number of carbonyl (C=O) groups excluding carboxylic acids is 1. The van der Waals surface area contributed by atoms with Gasteiger partial charge in [-0.2, -0.15) is 4.98 Å². The predicted molar refractivity (Wildman–Crippen MR) is 102 cm³/mol. The molecule has 1 spiro atoms. The molecule has 9 heteroatoms. The molecule has 2 saturated heterocycles. The van der Waals surface area contributed by atoms with Gasteiger partial charge in [-0.05, 0) is 31.4 Å². The third kappa shape index (κ3) is 2.83. The Kier molecular flexibility index (Phi) is 4.73. The van der Waals surface area contributed by atoms with Crippen molar-refractivity contribution in [3.05, 3.63) is 30.3 Å². The highest BCUT2D eigenvalue weighted by Gasteiger charge is 2.64. The lowest BCUT2D eigenvalue weighted by molar-refractivity contribution is -0.141. The lowest BCUT2D eigenvalue weighted by Gasteiger charge is -2.49. The first kappa shape index (κ1) is 19.0. The molecule has 1 unspecified atom stereocenters. The molecule has 0 bridgehead atoms. The number of carbonyl (C=O) groups is 1. The van der Waals surface area contributed by atoms with E-state index in [1.165, 1.54) is 0 Å². The van der Waals surface area contributed by atoms with E-state index >= 15 is 0 Å². The Bertz CT molecular complexity index is 963. The van der Waals surface area contributed by atoms with E-state index in [0.717, 1.165) is 12.8 Å². The Hall–Kier alpha value is -2.29. The summed E-state index contributed by atoms with van der Waals surface area (Å²) in [7, 11) is -3.35. The molecule has 1 amide bonds. The summed E-state index contributed by atoms with van der Waals surface area (Å²) in [6.45, 7) is 4.37. The zero-order chi connectivity index (χ0) is 19.9. The smallest absolute Gasteiger partial charge is 0.231 e. The second-order valence-corrected chi connectivity index (χ2v) is 10.1. The number of nitrogens with zero attached hydrogens (tertiary/aromatic N) is 4.